The van der Waals surface area contributed by atoms with Gasteiger partial charge in [0.2, 0.25) is 0 Å². The zero-order valence-corrected chi connectivity index (χ0v) is 11.5. The van der Waals surface area contributed by atoms with Gasteiger partial charge in [0.15, 0.2) is 0 Å². The Labute approximate surface area is 117 Å². The molecule has 4 heteroatoms. The van der Waals surface area contributed by atoms with Gasteiger partial charge in [-0.3, -0.25) is 4.79 Å². The van der Waals surface area contributed by atoms with Crippen LogP contribution in [0.3, 0.4) is 0 Å². The van der Waals surface area contributed by atoms with E-state index in [2.05, 4.69) is 5.32 Å². The molecular weight excluding hydrogens is 255 g/mol. The van der Waals surface area contributed by atoms with Crippen molar-refractivity contribution in [1.82, 2.24) is 5.32 Å². The van der Waals surface area contributed by atoms with Crippen LogP contribution in [0, 0.1) is 12.7 Å². The second-order valence-electron chi connectivity index (χ2n) is 4.79. The van der Waals surface area contributed by atoms with Crippen LogP contribution in [0.25, 0.3) is 0 Å². The molecule has 0 aliphatic heterocycles. The number of carbonyl (C=O) groups excluding carboxylic acids is 1. The fraction of sp³-hybridized carbons (Fsp3) is 0.188. The average molecular weight is 272 g/mol. The Kier molecular flexibility index (Phi) is 4.03. The van der Waals surface area contributed by atoms with Crippen molar-refractivity contribution in [1.29, 1.82) is 0 Å². The molecule has 2 rings (SSSR count). The number of anilines is 1. The molecule has 1 unspecified atom stereocenters. The van der Waals surface area contributed by atoms with Crippen molar-refractivity contribution in [2.45, 2.75) is 19.9 Å². The van der Waals surface area contributed by atoms with Gasteiger partial charge in [-0.15, -0.1) is 0 Å². The van der Waals surface area contributed by atoms with Crippen LogP contribution in [0.15, 0.2) is 42.5 Å². The summed E-state index contributed by atoms with van der Waals surface area (Å²) in [5.74, 6) is -1.06. The first-order chi connectivity index (χ1) is 9.49. The molecule has 0 aliphatic carbocycles. The van der Waals surface area contributed by atoms with E-state index in [0.29, 0.717) is 5.69 Å². The summed E-state index contributed by atoms with van der Waals surface area (Å²) in [6, 6.07) is 11.6. The van der Waals surface area contributed by atoms with Crippen LogP contribution in [-0.2, 0) is 0 Å². The fourth-order valence-corrected chi connectivity index (χ4v) is 2.14. The second kappa shape index (κ2) is 5.74. The first kappa shape index (κ1) is 14.1. The molecule has 0 saturated carbocycles. The van der Waals surface area contributed by atoms with Crippen molar-refractivity contribution in [2.75, 3.05) is 5.73 Å². The molecule has 3 nitrogen and oxygen atoms in total. The SMILES string of the molecule is Cc1ccccc1C(C)NC(=O)c1ccc(N)cc1F. The van der Waals surface area contributed by atoms with E-state index in [1.54, 1.807) is 0 Å². The summed E-state index contributed by atoms with van der Waals surface area (Å²) < 4.78 is 13.7. The second-order valence-corrected chi connectivity index (χ2v) is 4.79. The zero-order chi connectivity index (χ0) is 14.7. The Balaban J connectivity index is 2.17. The Morgan fingerprint density at radius 2 is 1.95 bits per heavy atom. The highest BCUT2D eigenvalue weighted by Gasteiger charge is 2.16. The van der Waals surface area contributed by atoms with E-state index < -0.39 is 11.7 Å². The van der Waals surface area contributed by atoms with Gasteiger partial charge in [-0.05, 0) is 43.2 Å². The summed E-state index contributed by atoms with van der Waals surface area (Å²) >= 11 is 0. The third kappa shape index (κ3) is 2.96. The van der Waals surface area contributed by atoms with Crippen molar-refractivity contribution in [3.05, 3.63) is 65.0 Å². The lowest BCUT2D eigenvalue weighted by atomic mass is 10.0. The van der Waals surface area contributed by atoms with Crippen LogP contribution in [0.4, 0.5) is 10.1 Å². The van der Waals surface area contributed by atoms with Gasteiger partial charge in [0.05, 0.1) is 11.6 Å². The van der Waals surface area contributed by atoms with Crippen LogP contribution in [0.5, 0.6) is 0 Å². The third-order valence-electron chi connectivity index (χ3n) is 3.24. The number of amides is 1. The van der Waals surface area contributed by atoms with Crippen LogP contribution in [0.1, 0.15) is 34.5 Å². The molecule has 0 spiro atoms. The van der Waals surface area contributed by atoms with E-state index in [0.717, 1.165) is 17.2 Å². The molecule has 20 heavy (non-hydrogen) atoms. The van der Waals surface area contributed by atoms with Crippen molar-refractivity contribution in [3.63, 3.8) is 0 Å². The topological polar surface area (TPSA) is 55.1 Å². The van der Waals surface area contributed by atoms with Crippen LogP contribution in [-0.4, -0.2) is 5.91 Å². The van der Waals surface area contributed by atoms with Crippen molar-refractivity contribution in [2.24, 2.45) is 0 Å². The first-order valence-electron chi connectivity index (χ1n) is 6.40. The van der Waals surface area contributed by atoms with Crippen LogP contribution in [0.2, 0.25) is 0 Å². The molecular formula is C16H17FN2O. The number of aryl methyl sites for hydroxylation is 1. The number of halogens is 1. The van der Waals surface area contributed by atoms with Gasteiger partial charge in [0.25, 0.3) is 5.91 Å². The van der Waals surface area contributed by atoms with E-state index in [4.69, 9.17) is 5.73 Å². The molecule has 0 saturated heterocycles. The Morgan fingerprint density at radius 3 is 2.60 bits per heavy atom. The highest BCUT2D eigenvalue weighted by Crippen LogP contribution is 2.18. The smallest absolute Gasteiger partial charge is 0.254 e. The maximum absolute atomic E-state index is 13.7. The molecule has 0 fully saturated rings. The monoisotopic (exact) mass is 272 g/mol. The van der Waals surface area contributed by atoms with Gasteiger partial charge in [0.1, 0.15) is 5.82 Å². The molecule has 3 N–H and O–H groups in total. The van der Waals surface area contributed by atoms with E-state index in [-0.39, 0.29) is 11.6 Å². The Hall–Kier alpha value is -2.36. The van der Waals surface area contributed by atoms with Gasteiger partial charge >= 0.3 is 0 Å². The van der Waals surface area contributed by atoms with Gasteiger partial charge in [-0.25, -0.2) is 4.39 Å². The van der Waals surface area contributed by atoms with E-state index in [1.807, 2.05) is 38.1 Å². The highest BCUT2D eigenvalue weighted by atomic mass is 19.1. The van der Waals surface area contributed by atoms with E-state index >= 15 is 0 Å². The lowest BCUT2D eigenvalue weighted by Crippen LogP contribution is -2.27. The molecule has 0 radical (unpaired) electrons. The summed E-state index contributed by atoms with van der Waals surface area (Å²) in [6.45, 7) is 3.84. The van der Waals surface area contributed by atoms with Gasteiger partial charge in [-0.2, -0.15) is 0 Å². The first-order valence-corrected chi connectivity index (χ1v) is 6.40. The largest absolute Gasteiger partial charge is 0.399 e. The van der Waals surface area contributed by atoms with Gasteiger partial charge in [-0.1, -0.05) is 24.3 Å². The zero-order valence-electron chi connectivity index (χ0n) is 11.5. The van der Waals surface area contributed by atoms with Crippen LogP contribution >= 0.6 is 0 Å². The molecule has 0 heterocycles. The molecule has 2 aromatic carbocycles. The predicted octanol–water partition coefficient (Wildman–Crippen LogP) is 3.21. The van der Waals surface area contributed by atoms with E-state index in [1.165, 1.54) is 12.1 Å². The van der Waals surface area contributed by atoms with Crippen LogP contribution < -0.4 is 11.1 Å². The van der Waals surface area contributed by atoms with E-state index in [9.17, 15) is 9.18 Å². The lowest BCUT2D eigenvalue weighted by molar-refractivity contribution is 0.0936. The minimum Gasteiger partial charge on any atom is -0.399 e. The minimum absolute atomic E-state index is 0.000339. The molecule has 0 bridgehead atoms. The number of carbonyl (C=O) groups is 1. The number of benzene rings is 2. The predicted molar refractivity (Wildman–Crippen MR) is 77.9 cm³/mol. The highest BCUT2D eigenvalue weighted by molar-refractivity contribution is 5.95. The van der Waals surface area contributed by atoms with Gasteiger partial charge < -0.3 is 11.1 Å². The standard InChI is InChI=1S/C16H17FN2O/c1-10-5-3-4-6-13(10)11(2)19-16(20)14-8-7-12(18)9-15(14)17/h3-9,11H,18H2,1-2H3,(H,19,20). The summed E-state index contributed by atoms with van der Waals surface area (Å²) in [4.78, 5) is 12.1. The number of hydrogen-bond acceptors (Lipinski definition) is 2. The number of nitrogen functional groups attached to an aromatic ring is 1. The van der Waals surface area contributed by atoms with Crippen molar-refractivity contribution < 1.29 is 9.18 Å². The fourth-order valence-electron chi connectivity index (χ4n) is 2.14. The molecule has 2 aromatic rings. The number of nitrogens with two attached hydrogens (primary N) is 1. The molecule has 0 aliphatic rings. The summed E-state index contributed by atoms with van der Waals surface area (Å²) in [7, 11) is 0. The average Bonchev–Trinajstić information content (AvgIpc) is 2.38. The maximum atomic E-state index is 13.7. The summed E-state index contributed by atoms with van der Waals surface area (Å²) in [5, 5.41) is 2.79. The number of nitrogens with one attached hydrogen (secondary N) is 1. The third-order valence-corrected chi connectivity index (χ3v) is 3.24. The molecule has 1 amide bonds. The Bertz CT molecular complexity index is 640. The number of rotatable bonds is 3. The maximum Gasteiger partial charge on any atom is 0.254 e. The number of hydrogen-bond donors (Lipinski definition) is 2. The quantitative estimate of drug-likeness (QED) is 0.843. The summed E-state index contributed by atoms with van der Waals surface area (Å²) in [5.41, 5.74) is 7.86. The lowest BCUT2D eigenvalue weighted by Gasteiger charge is -2.16. The minimum atomic E-state index is -0.612. The molecule has 1 atom stereocenters. The van der Waals surface area contributed by atoms with Crippen molar-refractivity contribution in [3.8, 4) is 0 Å². The summed E-state index contributed by atoms with van der Waals surface area (Å²) in [6.07, 6.45) is 0. The van der Waals surface area contributed by atoms with Gasteiger partial charge in [0, 0.05) is 5.69 Å². The Morgan fingerprint density at radius 1 is 1.25 bits per heavy atom. The normalized spacial score (nSPS) is 11.9. The molecule has 104 valence electrons. The molecule has 0 aromatic heterocycles. The van der Waals surface area contributed by atoms with Crippen molar-refractivity contribution >= 4 is 11.6 Å².